The van der Waals surface area contributed by atoms with Crippen molar-refractivity contribution in [3.8, 4) is 11.5 Å². The fourth-order valence-electron chi connectivity index (χ4n) is 8.04. The largest absolute Gasteiger partial charge is 0.493 e. The molecule has 2 saturated carbocycles. The van der Waals surface area contributed by atoms with Crippen LogP contribution in [0.3, 0.4) is 0 Å². The first-order valence-corrected chi connectivity index (χ1v) is 13.5. The van der Waals surface area contributed by atoms with Gasteiger partial charge in [0.1, 0.15) is 0 Å². The van der Waals surface area contributed by atoms with Crippen molar-refractivity contribution < 1.29 is 24.2 Å². The van der Waals surface area contributed by atoms with E-state index in [2.05, 4.69) is 29.6 Å². The Bertz CT molecular complexity index is 1190. The lowest BCUT2D eigenvalue weighted by molar-refractivity contribution is -0.146. The number of carbonyl (C=O) groups is 2. The molecule has 5 rings (SSSR count). The van der Waals surface area contributed by atoms with Gasteiger partial charge in [0.05, 0.1) is 26.2 Å². The van der Waals surface area contributed by atoms with Crippen LogP contribution in [0.15, 0.2) is 42.5 Å². The van der Waals surface area contributed by atoms with E-state index in [1.54, 1.807) is 14.2 Å². The smallest absolute Gasteiger partial charge is 0.303 e. The van der Waals surface area contributed by atoms with Gasteiger partial charge in [-0.25, -0.2) is 0 Å². The third-order valence-corrected chi connectivity index (χ3v) is 9.69. The van der Waals surface area contributed by atoms with Gasteiger partial charge in [-0.3, -0.25) is 9.59 Å². The summed E-state index contributed by atoms with van der Waals surface area (Å²) in [5.74, 6) is 1.31. The molecule has 2 fully saturated rings. The molecule has 0 bridgehead atoms. The van der Waals surface area contributed by atoms with Crippen molar-refractivity contribution >= 4 is 11.9 Å². The zero-order valence-electron chi connectivity index (χ0n) is 22.4. The van der Waals surface area contributed by atoms with Crippen molar-refractivity contribution in [3.63, 3.8) is 0 Å². The highest BCUT2D eigenvalue weighted by molar-refractivity contribution is 5.82. The molecule has 0 aromatic heterocycles. The van der Waals surface area contributed by atoms with Crippen molar-refractivity contribution in [1.82, 2.24) is 5.32 Å². The minimum atomic E-state index is -0.793. The molecular weight excluding hydrogens is 466 g/mol. The Kier molecular flexibility index (Phi) is 6.71. The number of amides is 1. The molecule has 0 radical (unpaired) electrons. The minimum Gasteiger partial charge on any atom is -0.493 e. The number of hydrogen-bond donors (Lipinski definition) is 2. The quantitative estimate of drug-likeness (QED) is 0.506. The predicted molar refractivity (Wildman–Crippen MR) is 142 cm³/mol. The lowest BCUT2D eigenvalue weighted by Gasteiger charge is -2.52. The molecular formula is C31H39NO5. The Hall–Kier alpha value is -3.02. The molecule has 6 heteroatoms. The second-order valence-electron chi connectivity index (χ2n) is 11.8. The summed E-state index contributed by atoms with van der Waals surface area (Å²) in [7, 11) is 3.20. The number of carbonyl (C=O) groups excluding carboxylic acids is 1. The molecule has 5 atom stereocenters. The van der Waals surface area contributed by atoms with Crippen molar-refractivity contribution in [1.29, 1.82) is 0 Å². The van der Waals surface area contributed by atoms with E-state index in [4.69, 9.17) is 9.47 Å². The van der Waals surface area contributed by atoms with Crippen LogP contribution in [0, 0.1) is 23.2 Å². The first-order valence-electron chi connectivity index (χ1n) is 13.5. The third kappa shape index (κ3) is 4.38. The van der Waals surface area contributed by atoms with Crippen LogP contribution in [0.1, 0.15) is 75.0 Å². The normalized spacial score (nSPS) is 28.4. The lowest BCUT2D eigenvalue weighted by atomic mass is 9.52. The SMILES string of the molecule is COc1ccc(C(C)(C)NC(=O)C2CC[C@H]3[C@@H]4CCc5ccccc5[C@H]4CC[C@]23CC(=O)O)cc1OC. The number of rotatable bonds is 7. The number of aliphatic carboxylic acids is 1. The molecule has 37 heavy (non-hydrogen) atoms. The van der Waals surface area contributed by atoms with E-state index in [9.17, 15) is 14.7 Å². The second kappa shape index (κ2) is 9.70. The number of carboxylic acids is 1. The van der Waals surface area contributed by atoms with Gasteiger partial charge in [-0.15, -0.1) is 0 Å². The van der Waals surface area contributed by atoms with Crippen LogP contribution in [-0.4, -0.2) is 31.2 Å². The van der Waals surface area contributed by atoms with E-state index in [0.29, 0.717) is 23.3 Å². The van der Waals surface area contributed by atoms with Crippen LogP contribution >= 0.6 is 0 Å². The summed E-state index contributed by atoms with van der Waals surface area (Å²) < 4.78 is 10.9. The Morgan fingerprint density at radius 1 is 1.03 bits per heavy atom. The van der Waals surface area contributed by atoms with Crippen molar-refractivity contribution in [2.75, 3.05) is 14.2 Å². The van der Waals surface area contributed by atoms with E-state index in [1.807, 2.05) is 32.0 Å². The molecule has 2 aromatic carbocycles. The topological polar surface area (TPSA) is 84.9 Å². The van der Waals surface area contributed by atoms with Crippen LogP contribution in [-0.2, 0) is 21.5 Å². The van der Waals surface area contributed by atoms with Crippen molar-refractivity contribution in [3.05, 3.63) is 59.2 Å². The lowest BCUT2D eigenvalue weighted by Crippen LogP contribution is -2.51. The summed E-state index contributed by atoms with van der Waals surface area (Å²) in [5, 5.41) is 13.3. The summed E-state index contributed by atoms with van der Waals surface area (Å²) >= 11 is 0. The average Bonchev–Trinajstić information content (AvgIpc) is 3.26. The Morgan fingerprint density at radius 2 is 1.78 bits per heavy atom. The molecule has 1 amide bonds. The van der Waals surface area contributed by atoms with E-state index in [-0.39, 0.29) is 24.2 Å². The zero-order valence-corrected chi connectivity index (χ0v) is 22.4. The molecule has 0 heterocycles. The van der Waals surface area contributed by atoms with Crippen LogP contribution < -0.4 is 14.8 Å². The fraction of sp³-hybridized carbons (Fsp3) is 0.548. The van der Waals surface area contributed by atoms with E-state index < -0.39 is 16.9 Å². The summed E-state index contributed by atoms with van der Waals surface area (Å²) in [4.78, 5) is 26.2. The van der Waals surface area contributed by atoms with Gasteiger partial charge in [-0.05, 0) is 104 Å². The number of carboxylic acid groups (broad SMARTS) is 1. The molecule has 2 aromatic rings. The molecule has 2 N–H and O–H groups in total. The van der Waals surface area contributed by atoms with Crippen LogP contribution in [0.2, 0.25) is 0 Å². The predicted octanol–water partition coefficient (Wildman–Crippen LogP) is 5.68. The monoisotopic (exact) mass is 505 g/mol. The maximum Gasteiger partial charge on any atom is 0.303 e. The summed E-state index contributed by atoms with van der Waals surface area (Å²) in [5.41, 5.74) is 2.66. The Balaban J connectivity index is 1.42. The molecule has 6 nitrogen and oxygen atoms in total. The van der Waals surface area contributed by atoms with E-state index in [1.165, 1.54) is 11.1 Å². The maximum absolute atomic E-state index is 14.0. The summed E-state index contributed by atoms with van der Waals surface area (Å²) in [6.45, 7) is 3.97. The number of methoxy groups -OCH3 is 2. The molecule has 3 aliphatic rings. The molecule has 0 spiro atoms. The van der Waals surface area contributed by atoms with Crippen molar-refractivity contribution in [2.45, 2.75) is 70.3 Å². The first-order chi connectivity index (χ1) is 17.7. The highest BCUT2D eigenvalue weighted by Crippen LogP contribution is 2.64. The second-order valence-corrected chi connectivity index (χ2v) is 11.8. The number of nitrogens with one attached hydrogen (secondary N) is 1. The van der Waals surface area contributed by atoms with Gasteiger partial charge in [0.2, 0.25) is 5.91 Å². The number of ether oxygens (including phenoxy) is 2. The molecule has 3 aliphatic carbocycles. The third-order valence-electron chi connectivity index (χ3n) is 9.69. The highest BCUT2D eigenvalue weighted by atomic mass is 16.5. The average molecular weight is 506 g/mol. The van der Waals surface area contributed by atoms with Gasteiger partial charge < -0.3 is 19.9 Å². The zero-order chi connectivity index (χ0) is 26.4. The van der Waals surface area contributed by atoms with Crippen LogP contribution in [0.5, 0.6) is 11.5 Å². The number of benzene rings is 2. The molecule has 0 saturated heterocycles. The number of hydrogen-bond acceptors (Lipinski definition) is 4. The highest BCUT2D eigenvalue weighted by Gasteiger charge is 2.60. The van der Waals surface area contributed by atoms with Gasteiger partial charge in [-0.2, -0.15) is 0 Å². The molecule has 0 aliphatic heterocycles. The van der Waals surface area contributed by atoms with Crippen molar-refractivity contribution in [2.24, 2.45) is 23.2 Å². The van der Waals surface area contributed by atoms with Gasteiger partial charge in [0, 0.05) is 5.92 Å². The molecule has 1 unspecified atom stereocenters. The van der Waals surface area contributed by atoms with E-state index >= 15 is 0 Å². The number of fused-ring (bicyclic) bond motifs is 5. The first kappa shape index (κ1) is 25.6. The summed E-state index contributed by atoms with van der Waals surface area (Å²) in [6, 6.07) is 14.4. The van der Waals surface area contributed by atoms with E-state index in [0.717, 1.165) is 44.1 Å². The standard InChI is InChI=1S/C31H39NO5/c1-30(2,20-10-14-26(36-3)27(17-20)37-4)32-29(35)25-13-12-24-23-11-9-19-7-5-6-8-21(19)22(23)15-16-31(24,25)18-28(33)34/h5-8,10,14,17,22-25H,9,11-13,15-16,18H2,1-4H3,(H,32,35)(H,33,34)/t22-,23-,24+,25?,31-/m1/s1. The fourth-order valence-corrected chi connectivity index (χ4v) is 8.04. The van der Waals surface area contributed by atoms with Gasteiger partial charge in [-0.1, -0.05) is 30.3 Å². The Morgan fingerprint density at radius 3 is 2.51 bits per heavy atom. The van der Waals surface area contributed by atoms with Gasteiger partial charge in [0.15, 0.2) is 11.5 Å². The van der Waals surface area contributed by atoms with Gasteiger partial charge >= 0.3 is 5.97 Å². The maximum atomic E-state index is 14.0. The summed E-state index contributed by atoms with van der Waals surface area (Å²) in [6.07, 6.45) is 5.60. The Labute approximate surface area is 219 Å². The minimum absolute atomic E-state index is 0.0294. The van der Waals surface area contributed by atoms with Crippen LogP contribution in [0.4, 0.5) is 0 Å². The molecule has 198 valence electrons. The number of aryl methyl sites for hydroxylation is 1. The van der Waals surface area contributed by atoms with Gasteiger partial charge in [0.25, 0.3) is 0 Å². The van der Waals surface area contributed by atoms with Crippen LogP contribution in [0.25, 0.3) is 0 Å².